The number of nitrogens with one attached hydrogen (secondary N) is 4. The van der Waals surface area contributed by atoms with Gasteiger partial charge in [0, 0.05) is 49.8 Å². The molecule has 0 radical (unpaired) electrons. The first-order valence-electron chi connectivity index (χ1n) is 10.0. The van der Waals surface area contributed by atoms with Gasteiger partial charge >= 0.3 is 0 Å². The Bertz CT molecular complexity index is 979. The van der Waals surface area contributed by atoms with E-state index in [9.17, 15) is 14.4 Å². The minimum Gasteiger partial charge on any atom is -0.355 e. The van der Waals surface area contributed by atoms with Crippen molar-refractivity contribution >= 4 is 17.7 Å². The van der Waals surface area contributed by atoms with Crippen LogP contribution in [0.4, 0.5) is 0 Å². The summed E-state index contributed by atoms with van der Waals surface area (Å²) in [6, 6.07) is 13.4. The molecule has 2 aromatic rings. The van der Waals surface area contributed by atoms with Crippen LogP contribution in [0, 0.1) is 11.8 Å². The van der Waals surface area contributed by atoms with E-state index in [-0.39, 0.29) is 19.9 Å². The van der Waals surface area contributed by atoms with Crippen LogP contribution in [0.25, 0.3) is 0 Å². The molecular formula is C24H31N5O4. The van der Waals surface area contributed by atoms with E-state index < -0.39 is 17.9 Å². The molecule has 0 aliphatic heterocycles. The van der Waals surface area contributed by atoms with Crippen LogP contribution >= 0.6 is 0 Å². The molecule has 2 rings (SSSR count). The third-order valence-corrected chi connectivity index (χ3v) is 4.42. The summed E-state index contributed by atoms with van der Waals surface area (Å²) in [7, 11) is 0. The number of nitrogens with two attached hydrogens (primary N) is 1. The summed E-state index contributed by atoms with van der Waals surface area (Å²) >= 11 is 0. The monoisotopic (exact) mass is 453 g/mol. The molecule has 0 heterocycles. The summed E-state index contributed by atoms with van der Waals surface area (Å²) in [5, 5.41) is 17.1. The average molecular weight is 454 g/mol. The van der Waals surface area contributed by atoms with Gasteiger partial charge in [0.05, 0.1) is 0 Å². The molecular weight excluding hydrogens is 422 g/mol. The zero-order valence-corrected chi connectivity index (χ0v) is 17.8. The summed E-state index contributed by atoms with van der Waals surface area (Å²) in [5.74, 6) is 4.81. The van der Waals surface area contributed by atoms with E-state index in [1.54, 1.807) is 24.3 Å². The second-order valence-corrected chi connectivity index (χ2v) is 6.92. The van der Waals surface area contributed by atoms with Crippen molar-refractivity contribution < 1.29 is 19.6 Å². The molecule has 2 aromatic carbocycles. The predicted octanol–water partition coefficient (Wildman–Crippen LogP) is 0.511. The van der Waals surface area contributed by atoms with E-state index in [1.807, 2.05) is 24.3 Å². The highest BCUT2D eigenvalue weighted by molar-refractivity contribution is 5.97. The fourth-order valence-corrected chi connectivity index (χ4v) is 2.67. The van der Waals surface area contributed by atoms with E-state index in [0.29, 0.717) is 25.2 Å². The van der Waals surface area contributed by atoms with Crippen LogP contribution in [-0.4, -0.2) is 48.6 Å². The van der Waals surface area contributed by atoms with E-state index in [1.165, 1.54) is 12.4 Å². The van der Waals surface area contributed by atoms with Gasteiger partial charge in [-0.2, -0.15) is 0 Å². The molecule has 33 heavy (non-hydrogen) atoms. The smallest absolute Gasteiger partial charge is 0.267 e. The topological polar surface area (TPSA) is 146 Å². The summed E-state index contributed by atoms with van der Waals surface area (Å²) in [5.41, 5.74) is 9.93. The number of hydrogen-bond donors (Lipinski definition) is 6. The zero-order valence-electron chi connectivity index (χ0n) is 17.8. The highest BCUT2D eigenvalue weighted by Crippen LogP contribution is 2.06. The standard InChI is InChI=1S/C23H27N5O4.CH4/c1-16(29)26-13-12-25-15-19-6-4-17(5-7-19)2-3-18-8-10-20(11-9-18)22(30)27-21(14-24)23(31)28-32;/h4-11,21,25,32H,12-15,24H2,1H3,(H,26,29)(H,27,30)(H,28,31);1H4/t21-;/m0./s1. The molecule has 0 aromatic heterocycles. The molecule has 0 saturated heterocycles. The lowest BCUT2D eigenvalue weighted by molar-refractivity contribution is -0.130. The Labute approximate surface area is 194 Å². The Morgan fingerprint density at radius 1 is 0.970 bits per heavy atom. The molecule has 176 valence electrons. The summed E-state index contributed by atoms with van der Waals surface area (Å²) in [6.45, 7) is 3.32. The number of hydrogen-bond acceptors (Lipinski definition) is 6. The number of hydroxylamine groups is 1. The molecule has 0 spiro atoms. The molecule has 0 fully saturated rings. The number of carbonyl (C=O) groups is 3. The van der Waals surface area contributed by atoms with Gasteiger partial charge in [0.1, 0.15) is 6.04 Å². The average Bonchev–Trinajstić information content (AvgIpc) is 2.81. The third-order valence-electron chi connectivity index (χ3n) is 4.42. The summed E-state index contributed by atoms with van der Waals surface area (Å²) in [4.78, 5) is 34.4. The van der Waals surface area contributed by atoms with Gasteiger partial charge < -0.3 is 21.7 Å². The Hall–Kier alpha value is -3.71. The lowest BCUT2D eigenvalue weighted by atomic mass is 10.1. The van der Waals surface area contributed by atoms with Crippen molar-refractivity contribution in [2.45, 2.75) is 26.9 Å². The summed E-state index contributed by atoms with van der Waals surface area (Å²) < 4.78 is 0. The van der Waals surface area contributed by atoms with Gasteiger partial charge in [-0.25, -0.2) is 5.48 Å². The molecule has 0 aliphatic carbocycles. The lowest BCUT2D eigenvalue weighted by Gasteiger charge is -2.14. The first-order valence-corrected chi connectivity index (χ1v) is 10.0. The van der Waals surface area contributed by atoms with Gasteiger partial charge in [-0.3, -0.25) is 19.6 Å². The SMILES string of the molecule is C.CC(=O)NCCNCc1ccc(C#Cc2ccc(C(=O)N[C@@H](CN)C(=O)NO)cc2)cc1. The molecule has 3 amide bonds. The third kappa shape index (κ3) is 9.53. The largest absolute Gasteiger partial charge is 0.355 e. The van der Waals surface area contributed by atoms with Gasteiger partial charge in [-0.15, -0.1) is 0 Å². The molecule has 0 saturated carbocycles. The van der Waals surface area contributed by atoms with Gasteiger partial charge in [0.2, 0.25) is 5.91 Å². The van der Waals surface area contributed by atoms with Crippen LogP contribution in [0.3, 0.4) is 0 Å². The van der Waals surface area contributed by atoms with Crippen LogP contribution in [0.2, 0.25) is 0 Å². The van der Waals surface area contributed by atoms with Gasteiger partial charge in [-0.05, 0) is 42.0 Å². The Balaban J connectivity index is 0.00000544. The maximum Gasteiger partial charge on any atom is 0.267 e. The number of benzene rings is 2. The van der Waals surface area contributed by atoms with Crippen molar-refractivity contribution in [2.24, 2.45) is 5.73 Å². The van der Waals surface area contributed by atoms with Crippen LogP contribution in [0.15, 0.2) is 48.5 Å². The highest BCUT2D eigenvalue weighted by atomic mass is 16.5. The number of carbonyl (C=O) groups excluding carboxylic acids is 3. The molecule has 0 bridgehead atoms. The van der Waals surface area contributed by atoms with Gasteiger partial charge in [0.25, 0.3) is 11.8 Å². The van der Waals surface area contributed by atoms with Gasteiger partial charge in [-0.1, -0.05) is 31.4 Å². The second kappa shape index (κ2) is 14.4. The molecule has 9 heteroatoms. The van der Waals surface area contributed by atoms with Crippen molar-refractivity contribution in [3.05, 3.63) is 70.8 Å². The maximum absolute atomic E-state index is 12.2. The quantitative estimate of drug-likeness (QED) is 0.141. The van der Waals surface area contributed by atoms with E-state index in [4.69, 9.17) is 10.9 Å². The van der Waals surface area contributed by atoms with Crippen LogP contribution in [0.5, 0.6) is 0 Å². The minimum atomic E-state index is -1.03. The highest BCUT2D eigenvalue weighted by Gasteiger charge is 2.19. The molecule has 9 nitrogen and oxygen atoms in total. The molecule has 0 unspecified atom stereocenters. The first-order chi connectivity index (χ1) is 15.4. The van der Waals surface area contributed by atoms with Gasteiger partial charge in [0.15, 0.2) is 0 Å². The molecule has 0 aliphatic rings. The normalized spacial score (nSPS) is 10.6. The fraction of sp³-hybridized carbons (Fsp3) is 0.292. The maximum atomic E-state index is 12.2. The molecule has 7 N–H and O–H groups in total. The Morgan fingerprint density at radius 2 is 1.55 bits per heavy atom. The number of amides is 3. The van der Waals surface area contributed by atoms with Crippen molar-refractivity contribution in [3.8, 4) is 11.8 Å². The van der Waals surface area contributed by atoms with Crippen LogP contribution in [0.1, 0.15) is 41.4 Å². The summed E-state index contributed by atoms with van der Waals surface area (Å²) in [6.07, 6.45) is 0. The van der Waals surface area contributed by atoms with Crippen molar-refractivity contribution in [1.29, 1.82) is 0 Å². The fourth-order valence-electron chi connectivity index (χ4n) is 2.67. The van der Waals surface area contributed by atoms with E-state index >= 15 is 0 Å². The Morgan fingerprint density at radius 3 is 2.06 bits per heavy atom. The zero-order chi connectivity index (χ0) is 23.3. The number of rotatable bonds is 9. The van der Waals surface area contributed by atoms with Crippen molar-refractivity contribution in [1.82, 2.24) is 21.4 Å². The van der Waals surface area contributed by atoms with Crippen molar-refractivity contribution in [3.63, 3.8) is 0 Å². The van der Waals surface area contributed by atoms with E-state index in [0.717, 1.165) is 16.7 Å². The van der Waals surface area contributed by atoms with Crippen molar-refractivity contribution in [2.75, 3.05) is 19.6 Å². The van der Waals surface area contributed by atoms with Crippen LogP contribution in [-0.2, 0) is 16.1 Å². The molecule has 1 atom stereocenters. The first kappa shape index (κ1) is 27.3. The minimum absolute atomic E-state index is 0. The Kier molecular flexibility index (Phi) is 11.9. The van der Waals surface area contributed by atoms with E-state index in [2.05, 4.69) is 27.8 Å². The predicted molar refractivity (Wildman–Crippen MR) is 126 cm³/mol. The second-order valence-electron chi connectivity index (χ2n) is 6.92. The van der Waals surface area contributed by atoms with Crippen LogP contribution < -0.4 is 27.2 Å². The lowest BCUT2D eigenvalue weighted by Crippen LogP contribution is -2.50.